The van der Waals surface area contributed by atoms with Crippen molar-refractivity contribution in [1.29, 1.82) is 0 Å². The summed E-state index contributed by atoms with van der Waals surface area (Å²) in [5, 5.41) is 15.8. The standard InChI is InChI=1S/C12H9ClN2O3/c1-6(16)11-10(5-14-15-11)9-4-7(13)2-3-8(9)12(17)18/h2-5H,1H3,(H,14,15)(H,17,18). The van der Waals surface area contributed by atoms with Crippen molar-refractivity contribution in [3.8, 4) is 11.1 Å². The lowest BCUT2D eigenvalue weighted by atomic mass is 9.99. The summed E-state index contributed by atoms with van der Waals surface area (Å²) in [7, 11) is 0. The summed E-state index contributed by atoms with van der Waals surface area (Å²) in [5.74, 6) is -1.31. The maximum Gasteiger partial charge on any atom is 0.336 e. The summed E-state index contributed by atoms with van der Waals surface area (Å²) in [5.41, 5.74) is 1.14. The average Bonchev–Trinajstić information content (AvgIpc) is 2.77. The van der Waals surface area contributed by atoms with Gasteiger partial charge in [0, 0.05) is 23.1 Å². The van der Waals surface area contributed by atoms with E-state index in [9.17, 15) is 9.59 Å². The molecule has 0 aliphatic heterocycles. The van der Waals surface area contributed by atoms with E-state index in [0.29, 0.717) is 16.1 Å². The smallest absolute Gasteiger partial charge is 0.336 e. The van der Waals surface area contributed by atoms with E-state index in [0.717, 1.165) is 0 Å². The Labute approximate surface area is 107 Å². The molecule has 0 fully saturated rings. The second-order valence-electron chi connectivity index (χ2n) is 3.71. The summed E-state index contributed by atoms with van der Waals surface area (Å²) in [4.78, 5) is 22.6. The molecule has 2 N–H and O–H groups in total. The van der Waals surface area contributed by atoms with Crippen molar-refractivity contribution in [2.75, 3.05) is 0 Å². The SMILES string of the molecule is CC(=O)c1[nH]ncc1-c1cc(Cl)ccc1C(=O)O. The van der Waals surface area contributed by atoms with Crippen LogP contribution in [0.25, 0.3) is 11.1 Å². The van der Waals surface area contributed by atoms with Crippen molar-refractivity contribution >= 4 is 23.4 Å². The fourth-order valence-corrected chi connectivity index (χ4v) is 1.86. The normalized spacial score (nSPS) is 10.3. The Kier molecular flexibility index (Phi) is 3.16. The highest BCUT2D eigenvalue weighted by Crippen LogP contribution is 2.29. The minimum atomic E-state index is -1.09. The molecule has 18 heavy (non-hydrogen) atoms. The van der Waals surface area contributed by atoms with Crippen molar-refractivity contribution in [3.05, 3.63) is 40.7 Å². The third-order valence-electron chi connectivity index (χ3n) is 2.49. The van der Waals surface area contributed by atoms with Gasteiger partial charge >= 0.3 is 5.97 Å². The lowest BCUT2D eigenvalue weighted by Gasteiger charge is -2.06. The fraction of sp³-hybridized carbons (Fsp3) is 0.0833. The molecule has 0 spiro atoms. The van der Waals surface area contributed by atoms with E-state index in [1.165, 1.54) is 31.3 Å². The number of hydrogen-bond acceptors (Lipinski definition) is 3. The first-order valence-corrected chi connectivity index (χ1v) is 5.46. The third-order valence-corrected chi connectivity index (χ3v) is 2.73. The number of aromatic amines is 1. The van der Waals surface area contributed by atoms with E-state index in [1.54, 1.807) is 0 Å². The minimum Gasteiger partial charge on any atom is -0.478 e. The zero-order chi connectivity index (χ0) is 13.3. The summed E-state index contributed by atoms with van der Waals surface area (Å²) in [6.45, 7) is 1.38. The lowest BCUT2D eigenvalue weighted by Crippen LogP contribution is -2.02. The number of halogens is 1. The number of carbonyl (C=O) groups is 2. The Bertz CT molecular complexity index is 634. The fourth-order valence-electron chi connectivity index (χ4n) is 1.68. The number of benzene rings is 1. The van der Waals surface area contributed by atoms with Crippen LogP contribution in [-0.2, 0) is 0 Å². The van der Waals surface area contributed by atoms with Gasteiger partial charge in [-0.15, -0.1) is 0 Å². The van der Waals surface area contributed by atoms with E-state index in [-0.39, 0.29) is 17.0 Å². The molecule has 5 nitrogen and oxygen atoms in total. The number of hydrogen-bond donors (Lipinski definition) is 2. The number of rotatable bonds is 3. The predicted molar refractivity (Wildman–Crippen MR) is 66.0 cm³/mol. The molecular formula is C12H9ClN2O3. The number of carboxylic acids is 1. The Hall–Kier alpha value is -2.14. The molecule has 2 aromatic rings. The maximum atomic E-state index is 11.4. The first-order valence-electron chi connectivity index (χ1n) is 5.08. The van der Waals surface area contributed by atoms with Crippen LogP contribution in [0.15, 0.2) is 24.4 Å². The molecule has 1 heterocycles. The average molecular weight is 265 g/mol. The van der Waals surface area contributed by atoms with Gasteiger partial charge in [0.1, 0.15) is 5.69 Å². The number of aromatic nitrogens is 2. The van der Waals surface area contributed by atoms with Crippen LogP contribution in [0.2, 0.25) is 5.02 Å². The molecule has 92 valence electrons. The highest BCUT2D eigenvalue weighted by Gasteiger charge is 2.18. The van der Waals surface area contributed by atoms with Crippen LogP contribution in [0.4, 0.5) is 0 Å². The molecule has 0 radical (unpaired) electrons. The highest BCUT2D eigenvalue weighted by atomic mass is 35.5. The van der Waals surface area contributed by atoms with Gasteiger partial charge in [0.2, 0.25) is 0 Å². The van der Waals surface area contributed by atoms with Gasteiger partial charge in [0.15, 0.2) is 5.78 Å². The van der Waals surface area contributed by atoms with Gasteiger partial charge in [-0.25, -0.2) is 4.79 Å². The largest absolute Gasteiger partial charge is 0.478 e. The van der Waals surface area contributed by atoms with Crippen LogP contribution in [0.5, 0.6) is 0 Å². The molecule has 6 heteroatoms. The second-order valence-corrected chi connectivity index (χ2v) is 4.15. The van der Waals surface area contributed by atoms with Crippen molar-refractivity contribution in [2.45, 2.75) is 6.92 Å². The quantitative estimate of drug-likeness (QED) is 0.835. The van der Waals surface area contributed by atoms with Gasteiger partial charge in [0.25, 0.3) is 0 Å². The van der Waals surface area contributed by atoms with E-state index >= 15 is 0 Å². The van der Waals surface area contributed by atoms with Crippen molar-refractivity contribution in [2.24, 2.45) is 0 Å². The van der Waals surface area contributed by atoms with E-state index in [2.05, 4.69) is 10.2 Å². The Morgan fingerprint density at radius 1 is 1.33 bits per heavy atom. The number of nitrogens with zero attached hydrogens (tertiary/aromatic N) is 1. The van der Waals surface area contributed by atoms with Gasteiger partial charge in [-0.1, -0.05) is 11.6 Å². The topological polar surface area (TPSA) is 83.0 Å². The Morgan fingerprint density at radius 3 is 2.67 bits per heavy atom. The number of ketones is 1. The van der Waals surface area contributed by atoms with Gasteiger partial charge in [-0.3, -0.25) is 9.89 Å². The number of nitrogens with one attached hydrogen (secondary N) is 1. The van der Waals surface area contributed by atoms with Crippen LogP contribution < -0.4 is 0 Å². The van der Waals surface area contributed by atoms with Crippen LogP contribution in [-0.4, -0.2) is 27.1 Å². The lowest BCUT2D eigenvalue weighted by molar-refractivity contribution is 0.0697. The summed E-state index contributed by atoms with van der Waals surface area (Å²) >= 11 is 5.86. The van der Waals surface area contributed by atoms with Crippen LogP contribution >= 0.6 is 11.6 Å². The minimum absolute atomic E-state index is 0.0725. The molecule has 0 unspecified atom stereocenters. The molecule has 2 rings (SSSR count). The van der Waals surface area contributed by atoms with Crippen molar-refractivity contribution in [3.63, 3.8) is 0 Å². The molecule has 0 atom stereocenters. The number of Topliss-reactive ketones (excluding diaryl/α,β-unsaturated/α-hetero) is 1. The predicted octanol–water partition coefficient (Wildman–Crippen LogP) is 2.63. The van der Waals surface area contributed by atoms with Gasteiger partial charge in [-0.05, 0) is 18.2 Å². The van der Waals surface area contributed by atoms with Crippen LogP contribution in [0, 0.1) is 0 Å². The van der Waals surface area contributed by atoms with Gasteiger partial charge < -0.3 is 5.11 Å². The number of carbonyl (C=O) groups excluding carboxylic acids is 1. The van der Waals surface area contributed by atoms with E-state index in [1.807, 2.05) is 0 Å². The first kappa shape index (κ1) is 12.3. The number of carboxylic acid groups (broad SMARTS) is 1. The summed E-state index contributed by atoms with van der Waals surface area (Å²) in [6.07, 6.45) is 1.41. The Morgan fingerprint density at radius 2 is 2.06 bits per heavy atom. The Balaban J connectivity index is 2.69. The maximum absolute atomic E-state index is 11.4. The molecule has 0 aliphatic rings. The van der Waals surface area contributed by atoms with E-state index in [4.69, 9.17) is 16.7 Å². The van der Waals surface area contributed by atoms with Gasteiger partial charge in [0.05, 0.1) is 11.8 Å². The highest BCUT2D eigenvalue weighted by molar-refractivity contribution is 6.31. The first-order chi connectivity index (χ1) is 8.50. The zero-order valence-electron chi connectivity index (χ0n) is 9.40. The van der Waals surface area contributed by atoms with E-state index < -0.39 is 5.97 Å². The second kappa shape index (κ2) is 4.62. The molecule has 0 aliphatic carbocycles. The molecule has 0 saturated carbocycles. The third kappa shape index (κ3) is 2.12. The van der Waals surface area contributed by atoms with Gasteiger partial charge in [-0.2, -0.15) is 5.10 Å². The molecule has 0 bridgehead atoms. The number of H-pyrrole nitrogens is 1. The zero-order valence-corrected chi connectivity index (χ0v) is 10.2. The summed E-state index contributed by atoms with van der Waals surface area (Å²) < 4.78 is 0. The van der Waals surface area contributed by atoms with Crippen LogP contribution in [0.1, 0.15) is 27.8 Å². The van der Waals surface area contributed by atoms with Crippen molar-refractivity contribution in [1.82, 2.24) is 10.2 Å². The summed E-state index contributed by atoms with van der Waals surface area (Å²) in [6, 6.07) is 4.39. The van der Waals surface area contributed by atoms with Crippen LogP contribution in [0.3, 0.4) is 0 Å². The molecular weight excluding hydrogens is 256 g/mol. The molecule has 0 amide bonds. The molecule has 0 saturated heterocycles. The molecule has 1 aromatic heterocycles. The molecule has 1 aromatic carbocycles. The monoisotopic (exact) mass is 264 g/mol. The number of aromatic carboxylic acids is 1. The van der Waals surface area contributed by atoms with Crippen molar-refractivity contribution < 1.29 is 14.7 Å².